The summed E-state index contributed by atoms with van der Waals surface area (Å²) in [6.07, 6.45) is 0. The van der Waals surface area contributed by atoms with E-state index in [1.165, 1.54) is 0 Å². The standard InChI is InChI=1S/C8H14N2O/c1-5(2)7-6(3)10(4)8(11)9-7/h5H,1-4H3,(H,9,11). The van der Waals surface area contributed by atoms with Crippen LogP contribution in [0.25, 0.3) is 0 Å². The van der Waals surface area contributed by atoms with Crippen LogP contribution >= 0.6 is 0 Å². The number of rotatable bonds is 1. The van der Waals surface area contributed by atoms with E-state index in [2.05, 4.69) is 18.8 Å². The highest BCUT2D eigenvalue weighted by atomic mass is 16.1. The molecule has 0 atom stereocenters. The van der Waals surface area contributed by atoms with E-state index in [0.29, 0.717) is 5.92 Å². The van der Waals surface area contributed by atoms with Gasteiger partial charge in [0.25, 0.3) is 0 Å². The number of hydrogen-bond acceptors (Lipinski definition) is 1. The maximum absolute atomic E-state index is 11.1. The van der Waals surface area contributed by atoms with Gasteiger partial charge in [-0.2, -0.15) is 0 Å². The lowest BCUT2D eigenvalue weighted by molar-refractivity contribution is 0.804. The number of hydrogen-bond donors (Lipinski definition) is 1. The first-order valence-electron chi connectivity index (χ1n) is 3.79. The average molecular weight is 154 g/mol. The third-order valence-corrected chi connectivity index (χ3v) is 2.02. The second kappa shape index (κ2) is 2.57. The molecular formula is C8H14N2O. The van der Waals surface area contributed by atoms with Crippen LogP contribution in [-0.4, -0.2) is 9.55 Å². The summed E-state index contributed by atoms with van der Waals surface area (Å²) in [6.45, 7) is 6.09. The number of imidazole rings is 1. The third kappa shape index (κ3) is 1.23. The van der Waals surface area contributed by atoms with Crippen LogP contribution < -0.4 is 5.69 Å². The molecule has 3 nitrogen and oxygen atoms in total. The zero-order chi connectivity index (χ0) is 8.59. The van der Waals surface area contributed by atoms with Crippen molar-refractivity contribution in [2.24, 2.45) is 7.05 Å². The Hall–Kier alpha value is -0.990. The minimum absolute atomic E-state index is 0.0220. The summed E-state index contributed by atoms with van der Waals surface area (Å²) in [6, 6.07) is 0. The van der Waals surface area contributed by atoms with Crippen molar-refractivity contribution in [2.45, 2.75) is 26.7 Å². The molecule has 1 N–H and O–H groups in total. The van der Waals surface area contributed by atoms with E-state index < -0.39 is 0 Å². The highest BCUT2D eigenvalue weighted by molar-refractivity contribution is 5.14. The van der Waals surface area contributed by atoms with Crippen LogP contribution in [-0.2, 0) is 7.05 Å². The summed E-state index contributed by atoms with van der Waals surface area (Å²) < 4.78 is 1.63. The molecule has 11 heavy (non-hydrogen) atoms. The summed E-state index contributed by atoms with van der Waals surface area (Å²) in [5, 5.41) is 0. The lowest BCUT2D eigenvalue weighted by Gasteiger charge is -2.02. The summed E-state index contributed by atoms with van der Waals surface area (Å²) >= 11 is 0. The van der Waals surface area contributed by atoms with Crippen LogP contribution in [0.2, 0.25) is 0 Å². The number of nitrogens with one attached hydrogen (secondary N) is 1. The van der Waals surface area contributed by atoms with Gasteiger partial charge in [0.05, 0.1) is 0 Å². The molecule has 3 heteroatoms. The van der Waals surface area contributed by atoms with Crippen molar-refractivity contribution in [3.63, 3.8) is 0 Å². The molecular weight excluding hydrogens is 140 g/mol. The minimum Gasteiger partial charge on any atom is -0.309 e. The summed E-state index contributed by atoms with van der Waals surface area (Å²) in [4.78, 5) is 13.9. The molecule has 0 saturated heterocycles. The summed E-state index contributed by atoms with van der Waals surface area (Å²) in [5.41, 5.74) is 2.05. The van der Waals surface area contributed by atoms with Gasteiger partial charge in [-0.3, -0.25) is 4.57 Å². The van der Waals surface area contributed by atoms with E-state index in [0.717, 1.165) is 11.4 Å². The molecule has 0 spiro atoms. The Morgan fingerprint density at radius 2 is 2.00 bits per heavy atom. The SMILES string of the molecule is Cc1c(C(C)C)[nH]c(=O)n1C. The van der Waals surface area contributed by atoms with Gasteiger partial charge in [0.2, 0.25) is 0 Å². The van der Waals surface area contributed by atoms with E-state index in [-0.39, 0.29) is 5.69 Å². The molecule has 1 rings (SSSR count). The van der Waals surface area contributed by atoms with Gasteiger partial charge in [-0.15, -0.1) is 0 Å². The van der Waals surface area contributed by atoms with Crippen molar-refractivity contribution in [1.29, 1.82) is 0 Å². The molecule has 0 amide bonds. The highest BCUT2D eigenvalue weighted by Gasteiger charge is 2.08. The monoisotopic (exact) mass is 154 g/mol. The van der Waals surface area contributed by atoms with Crippen molar-refractivity contribution in [3.8, 4) is 0 Å². The average Bonchev–Trinajstić information content (AvgIpc) is 2.17. The van der Waals surface area contributed by atoms with E-state index in [1.54, 1.807) is 11.6 Å². The Balaban J connectivity index is 3.30. The van der Waals surface area contributed by atoms with E-state index >= 15 is 0 Å². The lowest BCUT2D eigenvalue weighted by Crippen LogP contribution is -2.13. The third-order valence-electron chi connectivity index (χ3n) is 2.02. The van der Waals surface area contributed by atoms with Crippen LogP contribution in [0.3, 0.4) is 0 Å². The van der Waals surface area contributed by atoms with Crippen LogP contribution in [0, 0.1) is 6.92 Å². The molecule has 0 aliphatic heterocycles. The molecule has 1 aromatic heterocycles. The maximum atomic E-state index is 11.1. The van der Waals surface area contributed by atoms with Crippen molar-refractivity contribution < 1.29 is 0 Å². The van der Waals surface area contributed by atoms with Crippen molar-refractivity contribution in [2.75, 3.05) is 0 Å². The second-order valence-corrected chi connectivity index (χ2v) is 3.14. The van der Waals surface area contributed by atoms with E-state index in [4.69, 9.17) is 0 Å². The molecule has 0 bridgehead atoms. The molecule has 0 fully saturated rings. The second-order valence-electron chi connectivity index (χ2n) is 3.14. The van der Waals surface area contributed by atoms with E-state index in [9.17, 15) is 4.79 Å². The van der Waals surface area contributed by atoms with Gasteiger partial charge >= 0.3 is 5.69 Å². The lowest BCUT2D eigenvalue weighted by atomic mass is 10.1. The number of aromatic amines is 1. The Kier molecular flexibility index (Phi) is 1.89. The first kappa shape index (κ1) is 8.11. The molecule has 62 valence electrons. The Bertz CT molecular complexity index is 306. The van der Waals surface area contributed by atoms with Gasteiger partial charge in [-0.25, -0.2) is 4.79 Å². The van der Waals surface area contributed by atoms with Crippen molar-refractivity contribution in [1.82, 2.24) is 9.55 Å². The molecule has 1 aromatic rings. The Labute approximate surface area is 66.1 Å². The first-order valence-corrected chi connectivity index (χ1v) is 3.79. The molecule has 0 unspecified atom stereocenters. The topological polar surface area (TPSA) is 37.8 Å². The molecule has 0 aromatic carbocycles. The normalized spacial score (nSPS) is 11.0. The molecule has 0 saturated carbocycles. The van der Waals surface area contributed by atoms with Crippen LogP contribution in [0.1, 0.15) is 31.2 Å². The first-order chi connectivity index (χ1) is 5.04. The Morgan fingerprint density at radius 1 is 1.45 bits per heavy atom. The van der Waals surface area contributed by atoms with Gasteiger partial charge < -0.3 is 4.98 Å². The molecule has 0 radical (unpaired) electrons. The van der Waals surface area contributed by atoms with Crippen LogP contribution in [0.5, 0.6) is 0 Å². The van der Waals surface area contributed by atoms with Gasteiger partial charge in [0.1, 0.15) is 0 Å². The smallest absolute Gasteiger partial charge is 0.309 e. The number of H-pyrrole nitrogens is 1. The van der Waals surface area contributed by atoms with Crippen molar-refractivity contribution >= 4 is 0 Å². The molecule has 1 heterocycles. The molecule has 0 aliphatic rings. The maximum Gasteiger partial charge on any atom is 0.325 e. The van der Waals surface area contributed by atoms with Gasteiger partial charge in [0, 0.05) is 18.4 Å². The Morgan fingerprint density at radius 3 is 2.18 bits per heavy atom. The predicted octanol–water partition coefficient (Wildman–Crippen LogP) is 1.15. The quantitative estimate of drug-likeness (QED) is 0.647. The number of nitrogens with zero attached hydrogens (tertiary/aromatic N) is 1. The molecule has 0 aliphatic carbocycles. The van der Waals surface area contributed by atoms with Gasteiger partial charge in [-0.05, 0) is 12.8 Å². The van der Waals surface area contributed by atoms with Crippen LogP contribution in [0.4, 0.5) is 0 Å². The van der Waals surface area contributed by atoms with Gasteiger partial charge in [-0.1, -0.05) is 13.8 Å². The van der Waals surface area contributed by atoms with Gasteiger partial charge in [0.15, 0.2) is 0 Å². The van der Waals surface area contributed by atoms with Crippen LogP contribution in [0.15, 0.2) is 4.79 Å². The minimum atomic E-state index is -0.0220. The fourth-order valence-electron chi connectivity index (χ4n) is 1.18. The fraction of sp³-hybridized carbons (Fsp3) is 0.625. The summed E-state index contributed by atoms with van der Waals surface area (Å²) in [7, 11) is 1.78. The van der Waals surface area contributed by atoms with Crippen molar-refractivity contribution in [3.05, 3.63) is 21.9 Å². The largest absolute Gasteiger partial charge is 0.325 e. The van der Waals surface area contributed by atoms with E-state index in [1.807, 2.05) is 6.92 Å². The number of aromatic nitrogens is 2. The summed E-state index contributed by atoms with van der Waals surface area (Å²) in [5.74, 6) is 0.392. The fourth-order valence-corrected chi connectivity index (χ4v) is 1.18. The highest BCUT2D eigenvalue weighted by Crippen LogP contribution is 2.13. The zero-order valence-electron chi connectivity index (χ0n) is 7.43. The predicted molar refractivity (Wildman–Crippen MR) is 44.9 cm³/mol. The zero-order valence-corrected chi connectivity index (χ0v) is 7.43.